The predicted molar refractivity (Wildman–Crippen MR) is 171 cm³/mol. The van der Waals surface area contributed by atoms with Gasteiger partial charge in [-0.2, -0.15) is 0 Å². The molecule has 4 nitrogen and oxygen atoms in total. The van der Waals surface area contributed by atoms with Gasteiger partial charge in [0, 0.05) is 0 Å². The Hall–Kier alpha value is -0.800. The van der Waals surface area contributed by atoms with E-state index in [1.807, 2.05) is 0 Å². The summed E-state index contributed by atoms with van der Waals surface area (Å²) in [6, 6.07) is 0. The highest BCUT2D eigenvalue weighted by molar-refractivity contribution is 4.59. The van der Waals surface area contributed by atoms with Crippen LogP contribution in [-0.4, -0.2) is 11.2 Å². The van der Waals surface area contributed by atoms with E-state index >= 15 is 0 Å². The van der Waals surface area contributed by atoms with E-state index in [1.165, 1.54) is 180 Å². The van der Waals surface area contributed by atoms with E-state index in [1.54, 1.807) is 0 Å². The third kappa shape index (κ3) is 33.3. The van der Waals surface area contributed by atoms with E-state index in [0.29, 0.717) is 0 Å². The predicted octanol–water partition coefficient (Wildman–Crippen LogP) is 13.1. The molecular formula is C35H71NO3. The first-order valence-corrected chi connectivity index (χ1v) is 18.0. The van der Waals surface area contributed by atoms with Gasteiger partial charge in [0.05, 0.1) is 0 Å². The molecule has 0 radical (unpaired) electrons. The van der Waals surface area contributed by atoms with Crippen LogP contribution in [0.15, 0.2) is 0 Å². The molecule has 0 rings (SSSR count). The fourth-order valence-corrected chi connectivity index (χ4v) is 5.86. The quantitative estimate of drug-likeness (QED) is 0.0452. The van der Waals surface area contributed by atoms with Crippen molar-refractivity contribution in [3.8, 4) is 0 Å². The number of unbranched alkanes of at least 4 members (excludes halogenated alkanes) is 28. The van der Waals surface area contributed by atoms with Gasteiger partial charge in [-0.1, -0.05) is 206 Å². The Morgan fingerprint density at radius 1 is 0.410 bits per heavy atom. The summed E-state index contributed by atoms with van der Waals surface area (Å²) in [7, 11) is 0. The third-order valence-corrected chi connectivity index (χ3v) is 8.49. The molecular weight excluding hydrogens is 482 g/mol. The maximum Gasteiger partial charge on any atom is 0.294 e. The zero-order valence-corrected chi connectivity index (χ0v) is 26.9. The summed E-state index contributed by atoms with van der Waals surface area (Å²) < 4.78 is 0. The van der Waals surface area contributed by atoms with Crippen LogP contribution in [0, 0.1) is 10.1 Å². The van der Waals surface area contributed by atoms with E-state index < -0.39 is 5.09 Å². The lowest BCUT2D eigenvalue weighted by Crippen LogP contribution is -2.17. The smallest absolute Gasteiger partial charge is 0.294 e. The highest BCUT2D eigenvalue weighted by Gasteiger charge is 2.12. The normalized spacial score (nSPS) is 12.2. The molecule has 0 amide bonds. The van der Waals surface area contributed by atoms with Crippen molar-refractivity contribution in [3.63, 3.8) is 0 Å². The molecule has 0 fully saturated rings. The molecule has 0 heterocycles. The van der Waals surface area contributed by atoms with Crippen molar-refractivity contribution in [1.29, 1.82) is 0 Å². The van der Waals surface area contributed by atoms with Gasteiger partial charge in [-0.05, 0) is 12.8 Å². The topological polar surface area (TPSA) is 52.4 Å². The van der Waals surface area contributed by atoms with Crippen molar-refractivity contribution in [3.05, 3.63) is 10.1 Å². The molecule has 1 atom stereocenters. The molecule has 0 aromatic carbocycles. The van der Waals surface area contributed by atoms with Gasteiger partial charge >= 0.3 is 0 Å². The van der Waals surface area contributed by atoms with Gasteiger partial charge < -0.3 is 4.84 Å². The summed E-state index contributed by atoms with van der Waals surface area (Å²) in [5, 5.41) is 10.3. The molecule has 0 aliphatic carbocycles. The van der Waals surface area contributed by atoms with Crippen molar-refractivity contribution >= 4 is 0 Å². The van der Waals surface area contributed by atoms with Crippen LogP contribution in [-0.2, 0) is 4.84 Å². The van der Waals surface area contributed by atoms with Crippen LogP contribution in [0.3, 0.4) is 0 Å². The van der Waals surface area contributed by atoms with Crippen molar-refractivity contribution in [2.24, 2.45) is 0 Å². The standard InChI is InChI=1S/C35H71NO3/c1-3-5-7-9-11-13-15-17-19-20-22-24-26-28-30-32-34-35(39-36(37)38)33-31-29-27-25-23-21-18-16-14-12-10-8-6-4-2/h35H,3-34H2,1-2H3. The van der Waals surface area contributed by atoms with Crippen LogP contribution in [0.5, 0.6) is 0 Å². The molecule has 0 aromatic rings. The number of rotatable bonds is 34. The SMILES string of the molecule is CCCCCCCCCCCCCCCCCCC(CCCCCCCCCCCCCCCC)O[N+](=O)[O-]. The zero-order chi connectivity index (χ0) is 28.5. The maximum absolute atomic E-state index is 10.9. The molecule has 0 bridgehead atoms. The molecule has 4 heteroatoms. The van der Waals surface area contributed by atoms with E-state index in [0.717, 1.165) is 25.7 Å². The van der Waals surface area contributed by atoms with Gasteiger partial charge in [0.1, 0.15) is 6.10 Å². The second-order valence-electron chi connectivity index (χ2n) is 12.4. The van der Waals surface area contributed by atoms with Crippen molar-refractivity contribution in [2.45, 2.75) is 225 Å². The Labute approximate surface area is 245 Å². The number of hydrogen-bond acceptors (Lipinski definition) is 3. The van der Waals surface area contributed by atoms with Crippen LogP contribution < -0.4 is 0 Å². The summed E-state index contributed by atoms with van der Waals surface area (Å²) >= 11 is 0. The minimum atomic E-state index is -0.569. The molecule has 234 valence electrons. The monoisotopic (exact) mass is 554 g/mol. The van der Waals surface area contributed by atoms with Crippen LogP contribution in [0.2, 0.25) is 0 Å². The fraction of sp³-hybridized carbons (Fsp3) is 1.00. The lowest BCUT2D eigenvalue weighted by molar-refractivity contribution is -0.769. The van der Waals surface area contributed by atoms with Crippen LogP contribution in [0.1, 0.15) is 219 Å². The minimum Gasteiger partial charge on any atom is -0.311 e. The van der Waals surface area contributed by atoms with E-state index in [4.69, 9.17) is 4.84 Å². The molecule has 0 aliphatic heterocycles. The molecule has 0 aromatic heterocycles. The molecule has 39 heavy (non-hydrogen) atoms. The van der Waals surface area contributed by atoms with E-state index in [-0.39, 0.29) is 6.10 Å². The zero-order valence-electron chi connectivity index (χ0n) is 26.9. The summed E-state index contributed by atoms with van der Waals surface area (Å²) in [6.45, 7) is 4.56. The summed E-state index contributed by atoms with van der Waals surface area (Å²) in [6.07, 6.45) is 42.0. The molecule has 1 unspecified atom stereocenters. The molecule has 0 saturated carbocycles. The Bertz CT molecular complexity index is 471. The Kier molecular flexibility index (Phi) is 32.7. The molecule has 0 saturated heterocycles. The van der Waals surface area contributed by atoms with Crippen LogP contribution in [0.25, 0.3) is 0 Å². The van der Waals surface area contributed by atoms with Gasteiger partial charge in [-0.3, -0.25) is 0 Å². The lowest BCUT2D eigenvalue weighted by Gasteiger charge is -2.14. The Morgan fingerprint density at radius 3 is 0.821 bits per heavy atom. The first kappa shape index (κ1) is 38.2. The average Bonchev–Trinajstić information content (AvgIpc) is 2.92. The van der Waals surface area contributed by atoms with Gasteiger partial charge in [0.15, 0.2) is 0 Å². The minimum absolute atomic E-state index is 0.191. The lowest BCUT2D eigenvalue weighted by atomic mass is 10.0. The fourth-order valence-electron chi connectivity index (χ4n) is 5.86. The summed E-state index contributed by atoms with van der Waals surface area (Å²) in [4.78, 5) is 15.9. The summed E-state index contributed by atoms with van der Waals surface area (Å²) in [5.74, 6) is 0. The van der Waals surface area contributed by atoms with Gasteiger partial charge in [0.2, 0.25) is 0 Å². The highest BCUT2D eigenvalue weighted by Crippen LogP contribution is 2.18. The van der Waals surface area contributed by atoms with E-state index in [9.17, 15) is 10.1 Å². The van der Waals surface area contributed by atoms with Gasteiger partial charge in [0.25, 0.3) is 5.09 Å². The Morgan fingerprint density at radius 2 is 0.615 bits per heavy atom. The number of nitrogens with zero attached hydrogens (tertiary/aromatic N) is 1. The van der Waals surface area contributed by atoms with Crippen molar-refractivity contribution in [2.75, 3.05) is 0 Å². The second-order valence-corrected chi connectivity index (χ2v) is 12.4. The molecule has 0 aliphatic rings. The van der Waals surface area contributed by atoms with Crippen LogP contribution in [0.4, 0.5) is 0 Å². The number of hydrogen-bond donors (Lipinski definition) is 0. The molecule has 0 N–H and O–H groups in total. The van der Waals surface area contributed by atoms with Gasteiger partial charge in [-0.25, -0.2) is 0 Å². The first-order chi connectivity index (χ1) is 19.2. The Balaban J connectivity index is 3.47. The highest BCUT2D eigenvalue weighted by atomic mass is 17.0. The van der Waals surface area contributed by atoms with Crippen molar-refractivity contribution < 1.29 is 9.92 Å². The maximum atomic E-state index is 10.9. The van der Waals surface area contributed by atoms with Crippen LogP contribution >= 0.6 is 0 Å². The van der Waals surface area contributed by atoms with E-state index in [2.05, 4.69) is 13.8 Å². The molecule has 0 spiro atoms. The third-order valence-electron chi connectivity index (χ3n) is 8.49. The largest absolute Gasteiger partial charge is 0.311 e. The second kappa shape index (κ2) is 33.4. The van der Waals surface area contributed by atoms with Gasteiger partial charge in [-0.15, -0.1) is 10.1 Å². The summed E-state index contributed by atoms with van der Waals surface area (Å²) in [5.41, 5.74) is 0. The van der Waals surface area contributed by atoms with Crippen molar-refractivity contribution in [1.82, 2.24) is 0 Å². The first-order valence-electron chi connectivity index (χ1n) is 18.0. The average molecular weight is 554 g/mol.